The first-order valence-electron chi connectivity index (χ1n) is 5.01. The second kappa shape index (κ2) is 4.59. The largest absolute Gasteiger partial charge is 0.357 e. The normalized spacial score (nSPS) is 10.8. The molecule has 2 aromatic rings. The minimum Gasteiger partial charge on any atom is -0.357 e. The van der Waals surface area contributed by atoms with Crippen molar-refractivity contribution >= 4 is 11.3 Å². The molecule has 0 fully saturated rings. The van der Waals surface area contributed by atoms with E-state index in [1.54, 1.807) is 11.3 Å². The van der Waals surface area contributed by atoms with Crippen molar-refractivity contribution in [3.63, 3.8) is 0 Å². The predicted molar refractivity (Wildman–Crippen MR) is 64.2 cm³/mol. The van der Waals surface area contributed by atoms with Gasteiger partial charge in [0.1, 0.15) is 0 Å². The summed E-state index contributed by atoms with van der Waals surface area (Å²) < 4.78 is 2.04. The van der Waals surface area contributed by atoms with Crippen LogP contribution in [0.4, 0.5) is 0 Å². The zero-order valence-corrected chi connectivity index (χ0v) is 9.84. The lowest BCUT2D eigenvalue weighted by Gasteiger charge is -1.93. The van der Waals surface area contributed by atoms with E-state index >= 15 is 0 Å². The van der Waals surface area contributed by atoms with Gasteiger partial charge in [-0.15, -0.1) is 11.3 Å². The highest BCUT2D eigenvalue weighted by atomic mass is 32.1. The van der Waals surface area contributed by atoms with Crippen LogP contribution >= 0.6 is 11.3 Å². The number of thiazole rings is 1. The molecule has 0 amide bonds. The van der Waals surface area contributed by atoms with Gasteiger partial charge in [0.25, 0.3) is 0 Å². The van der Waals surface area contributed by atoms with Crippen molar-refractivity contribution in [2.75, 3.05) is 13.6 Å². The summed E-state index contributed by atoms with van der Waals surface area (Å²) in [4.78, 5) is 4.60. The van der Waals surface area contributed by atoms with E-state index in [9.17, 15) is 0 Å². The molecule has 4 heteroatoms. The Morgan fingerprint density at radius 1 is 1.53 bits per heavy atom. The lowest BCUT2D eigenvalue weighted by atomic mass is 10.3. The number of aryl methyl sites for hydroxylation is 1. The molecule has 2 heterocycles. The topological polar surface area (TPSA) is 29.9 Å². The highest BCUT2D eigenvalue weighted by Gasteiger charge is 2.04. The highest BCUT2D eigenvalue weighted by molar-refractivity contribution is 7.09. The van der Waals surface area contributed by atoms with Crippen LogP contribution in [0.3, 0.4) is 0 Å². The van der Waals surface area contributed by atoms with Crippen LogP contribution in [0.2, 0.25) is 0 Å². The molecule has 0 aromatic carbocycles. The van der Waals surface area contributed by atoms with Crippen LogP contribution in [-0.4, -0.2) is 23.1 Å². The van der Waals surface area contributed by atoms with E-state index in [1.165, 1.54) is 10.6 Å². The van der Waals surface area contributed by atoms with Crippen LogP contribution in [0.1, 0.15) is 5.01 Å². The van der Waals surface area contributed by atoms with Crippen LogP contribution in [0.25, 0.3) is 11.3 Å². The van der Waals surface area contributed by atoms with E-state index in [0.29, 0.717) is 0 Å². The first kappa shape index (κ1) is 10.4. The maximum absolute atomic E-state index is 4.60. The van der Waals surface area contributed by atoms with Crippen molar-refractivity contribution in [3.05, 3.63) is 28.8 Å². The summed E-state index contributed by atoms with van der Waals surface area (Å²) in [5.41, 5.74) is 2.29. The third kappa shape index (κ3) is 2.46. The van der Waals surface area contributed by atoms with E-state index in [-0.39, 0.29) is 0 Å². The van der Waals surface area contributed by atoms with Gasteiger partial charge in [-0.25, -0.2) is 4.98 Å². The van der Waals surface area contributed by atoms with Crippen LogP contribution in [0.15, 0.2) is 23.8 Å². The molecule has 0 unspecified atom stereocenters. The maximum Gasteiger partial charge on any atom is 0.0945 e. The van der Waals surface area contributed by atoms with Crippen molar-refractivity contribution < 1.29 is 0 Å². The Morgan fingerprint density at radius 3 is 3.07 bits per heavy atom. The molecule has 0 atom stereocenters. The number of aromatic nitrogens is 2. The van der Waals surface area contributed by atoms with Gasteiger partial charge >= 0.3 is 0 Å². The summed E-state index contributed by atoms with van der Waals surface area (Å²) in [5, 5.41) is 6.45. The first-order valence-corrected chi connectivity index (χ1v) is 5.89. The van der Waals surface area contributed by atoms with Gasteiger partial charge in [0.2, 0.25) is 0 Å². The smallest absolute Gasteiger partial charge is 0.0945 e. The number of hydrogen-bond donors (Lipinski definition) is 1. The third-order valence-electron chi connectivity index (χ3n) is 2.27. The number of nitrogens with zero attached hydrogens (tertiary/aromatic N) is 2. The lowest BCUT2D eigenvalue weighted by molar-refractivity contribution is 0.788. The Kier molecular flexibility index (Phi) is 3.18. The predicted octanol–water partition coefficient (Wildman–Crippen LogP) is 1.91. The van der Waals surface area contributed by atoms with Gasteiger partial charge in [0.15, 0.2) is 0 Å². The first-order chi connectivity index (χ1) is 7.29. The van der Waals surface area contributed by atoms with Gasteiger partial charge < -0.3 is 9.88 Å². The number of rotatable bonds is 4. The third-order valence-corrected chi connectivity index (χ3v) is 3.18. The Bertz CT molecular complexity index is 430. The van der Waals surface area contributed by atoms with Crippen molar-refractivity contribution in [1.29, 1.82) is 0 Å². The van der Waals surface area contributed by atoms with E-state index in [1.807, 2.05) is 24.9 Å². The van der Waals surface area contributed by atoms with Crippen molar-refractivity contribution in [1.82, 2.24) is 14.9 Å². The van der Waals surface area contributed by atoms with Crippen LogP contribution in [0, 0.1) is 0 Å². The molecule has 0 bridgehead atoms. The molecule has 0 spiro atoms. The summed E-state index contributed by atoms with van der Waals surface area (Å²) in [6.45, 7) is 0.988. The average Bonchev–Trinajstić information content (AvgIpc) is 2.83. The maximum atomic E-state index is 4.60. The van der Waals surface area contributed by atoms with E-state index < -0.39 is 0 Å². The minimum atomic E-state index is 0.988. The fourth-order valence-corrected chi connectivity index (χ4v) is 2.25. The number of likely N-dealkylation sites (N-methyl/N-ethyl adjacent to an activating group) is 1. The summed E-state index contributed by atoms with van der Waals surface area (Å²) in [7, 11) is 3.99. The van der Waals surface area contributed by atoms with E-state index in [4.69, 9.17) is 0 Å². The van der Waals surface area contributed by atoms with Crippen LogP contribution < -0.4 is 5.32 Å². The molecular formula is C11H15N3S. The molecule has 2 rings (SSSR count). The molecule has 0 aliphatic heterocycles. The second-order valence-electron chi connectivity index (χ2n) is 3.55. The van der Waals surface area contributed by atoms with E-state index in [2.05, 4.69) is 27.9 Å². The van der Waals surface area contributed by atoms with Crippen molar-refractivity contribution in [2.45, 2.75) is 6.42 Å². The Balaban J connectivity index is 2.13. The van der Waals surface area contributed by atoms with Gasteiger partial charge in [-0.2, -0.15) is 0 Å². The van der Waals surface area contributed by atoms with Crippen molar-refractivity contribution in [3.8, 4) is 11.3 Å². The monoisotopic (exact) mass is 221 g/mol. The van der Waals surface area contributed by atoms with Gasteiger partial charge in [-0.3, -0.25) is 0 Å². The van der Waals surface area contributed by atoms with Crippen LogP contribution in [0.5, 0.6) is 0 Å². The van der Waals surface area contributed by atoms with Gasteiger partial charge in [0.05, 0.1) is 10.7 Å². The molecule has 0 aliphatic carbocycles. The van der Waals surface area contributed by atoms with E-state index in [0.717, 1.165) is 18.7 Å². The molecule has 0 saturated heterocycles. The lowest BCUT2D eigenvalue weighted by Crippen LogP contribution is -2.09. The molecule has 0 saturated carbocycles. The highest BCUT2D eigenvalue weighted by Crippen LogP contribution is 2.21. The quantitative estimate of drug-likeness (QED) is 0.854. The summed E-state index contributed by atoms with van der Waals surface area (Å²) in [5.74, 6) is 0. The number of nitrogens with one attached hydrogen (secondary N) is 1. The minimum absolute atomic E-state index is 0.988. The molecule has 1 N–H and O–H groups in total. The van der Waals surface area contributed by atoms with Crippen LogP contribution in [-0.2, 0) is 13.5 Å². The summed E-state index contributed by atoms with van der Waals surface area (Å²) >= 11 is 1.73. The molecule has 2 aromatic heterocycles. The molecule has 15 heavy (non-hydrogen) atoms. The Hall–Kier alpha value is -1.13. The van der Waals surface area contributed by atoms with Gasteiger partial charge in [-0.05, 0) is 13.1 Å². The molecular weight excluding hydrogens is 206 g/mol. The zero-order valence-electron chi connectivity index (χ0n) is 9.03. The molecule has 0 aliphatic rings. The van der Waals surface area contributed by atoms with Crippen molar-refractivity contribution in [2.24, 2.45) is 7.05 Å². The fourth-order valence-electron chi connectivity index (χ4n) is 1.45. The SMILES string of the molecule is CNCCc1nc(-c2ccn(C)c2)cs1. The molecule has 0 radical (unpaired) electrons. The Labute approximate surface area is 93.8 Å². The molecule has 80 valence electrons. The summed E-state index contributed by atoms with van der Waals surface area (Å²) in [6, 6.07) is 2.09. The standard InChI is InChI=1S/C11H15N3S/c1-12-5-3-11-13-10(8-15-11)9-4-6-14(2)7-9/h4,6-8,12H,3,5H2,1-2H3. The zero-order chi connectivity index (χ0) is 10.7. The second-order valence-corrected chi connectivity index (χ2v) is 4.49. The van der Waals surface area contributed by atoms with Gasteiger partial charge in [0, 0.05) is 43.4 Å². The average molecular weight is 221 g/mol. The fraction of sp³-hybridized carbons (Fsp3) is 0.364. The summed E-state index contributed by atoms with van der Waals surface area (Å²) in [6.07, 6.45) is 5.15. The molecule has 3 nitrogen and oxygen atoms in total. The Morgan fingerprint density at radius 2 is 2.40 bits per heavy atom. The number of hydrogen-bond acceptors (Lipinski definition) is 3. The van der Waals surface area contributed by atoms with Gasteiger partial charge in [-0.1, -0.05) is 0 Å².